The Hall–Kier alpha value is -2.03. The quantitative estimate of drug-likeness (QED) is 0.855. The van der Waals surface area contributed by atoms with Gasteiger partial charge >= 0.3 is 0 Å². The summed E-state index contributed by atoms with van der Waals surface area (Å²) < 4.78 is 13.3. The molecule has 0 unspecified atom stereocenters. The fourth-order valence-electron chi connectivity index (χ4n) is 2.60. The standard InChI is InChI=1S/C16H17FN2/c17-14-4-3-13-8-10-19(16(13)11-14)9-7-12-1-5-15(18)6-2-12/h1-6,11H,7-10,18H2. The van der Waals surface area contributed by atoms with E-state index in [0.29, 0.717) is 0 Å². The zero-order valence-corrected chi connectivity index (χ0v) is 10.8. The van der Waals surface area contributed by atoms with Crippen molar-refractivity contribution in [2.75, 3.05) is 23.7 Å². The number of nitrogen functional groups attached to an aromatic ring is 1. The molecule has 3 rings (SSSR count). The number of benzene rings is 2. The Morgan fingerprint density at radius 3 is 2.68 bits per heavy atom. The number of nitrogens with zero attached hydrogens (tertiary/aromatic N) is 1. The largest absolute Gasteiger partial charge is 0.399 e. The predicted molar refractivity (Wildman–Crippen MR) is 76.9 cm³/mol. The number of halogens is 1. The van der Waals surface area contributed by atoms with Crippen LogP contribution in [0.3, 0.4) is 0 Å². The first kappa shape index (κ1) is 12.0. The van der Waals surface area contributed by atoms with Crippen molar-refractivity contribution in [3.05, 3.63) is 59.4 Å². The Bertz CT molecular complexity index is 578. The molecule has 1 aliphatic heterocycles. The zero-order valence-electron chi connectivity index (χ0n) is 10.8. The lowest BCUT2D eigenvalue weighted by Gasteiger charge is -2.19. The summed E-state index contributed by atoms with van der Waals surface area (Å²) in [5.74, 6) is -0.155. The van der Waals surface area contributed by atoms with Gasteiger partial charge in [0.05, 0.1) is 0 Å². The van der Waals surface area contributed by atoms with Crippen LogP contribution in [0.4, 0.5) is 15.8 Å². The van der Waals surface area contributed by atoms with E-state index >= 15 is 0 Å². The maximum Gasteiger partial charge on any atom is 0.125 e. The normalized spacial score (nSPS) is 13.6. The molecule has 0 spiro atoms. The van der Waals surface area contributed by atoms with E-state index in [1.54, 1.807) is 12.1 Å². The third kappa shape index (κ3) is 2.55. The van der Waals surface area contributed by atoms with Crippen LogP contribution in [-0.4, -0.2) is 13.1 Å². The van der Waals surface area contributed by atoms with E-state index < -0.39 is 0 Å². The second-order valence-corrected chi connectivity index (χ2v) is 5.00. The number of nitrogens with two attached hydrogens (primary N) is 1. The van der Waals surface area contributed by atoms with Crippen molar-refractivity contribution in [2.45, 2.75) is 12.8 Å². The lowest BCUT2D eigenvalue weighted by Crippen LogP contribution is -2.23. The molecule has 98 valence electrons. The third-order valence-corrected chi connectivity index (χ3v) is 3.69. The van der Waals surface area contributed by atoms with Crippen molar-refractivity contribution in [1.82, 2.24) is 0 Å². The molecule has 2 aromatic rings. The molecular weight excluding hydrogens is 239 g/mol. The summed E-state index contributed by atoms with van der Waals surface area (Å²) in [6, 6.07) is 13.0. The highest BCUT2D eigenvalue weighted by Crippen LogP contribution is 2.28. The first-order valence-electron chi connectivity index (χ1n) is 6.60. The minimum atomic E-state index is -0.155. The van der Waals surface area contributed by atoms with Crippen LogP contribution in [0, 0.1) is 5.82 Å². The molecule has 0 aromatic heterocycles. The Balaban J connectivity index is 1.69. The number of anilines is 2. The van der Waals surface area contributed by atoms with Gasteiger partial charge in [-0.2, -0.15) is 0 Å². The molecule has 0 bridgehead atoms. The second-order valence-electron chi connectivity index (χ2n) is 5.00. The Morgan fingerprint density at radius 2 is 1.89 bits per heavy atom. The minimum Gasteiger partial charge on any atom is -0.399 e. The average Bonchev–Trinajstić information content (AvgIpc) is 2.80. The van der Waals surface area contributed by atoms with Gasteiger partial charge in [0.2, 0.25) is 0 Å². The summed E-state index contributed by atoms with van der Waals surface area (Å²) in [4.78, 5) is 2.26. The fourth-order valence-corrected chi connectivity index (χ4v) is 2.60. The minimum absolute atomic E-state index is 0.155. The number of fused-ring (bicyclic) bond motifs is 1. The number of rotatable bonds is 3. The van der Waals surface area contributed by atoms with Gasteiger partial charge in [0.25, 0.3) is 0 Å². The van der Waals surface area contributed by atoms with Crippen molar-refractivity contribution >= 4 is 11.4 Å². The third-order valence-electron chi connectivity index (χ3n) is 3.69. The van der Waals surface area contributed by atoms with E-state index in [0.717, 1.165) is 37.3 Å². The van der Waals surface area contributed by atoms with Crippen molar-refractivity contribution in [3.63, 3.8) is 0 Å². The van der Waals surface area contributed by atoms with Crippen molar-refractivity contribution in [2.24, 2.45) is 0 Å². The maximum absolute atomic E-state index is 13.3. The summed E-state index contributed by atoms with van der Waals surface area (Å²) in [7, 11) is 0. The molecule has 1 heterocycles. The summed E-state index contributed by atoms with van der Waals surface area (Å²) in [6.45, 7) is 1.90. The molecule has 0 atom stereocenters. The molecule has 0 fully saturated rings. The predicted octanol–water partition coefficient (Wildman–Crippen LogP) is 3.01. The molecule has 0 aliphatic carbocycles. The summed E-state index contributed by atoms with van der Waals surface area (Å²) in [5.41, 5.74) is 10.0. The molecule has 19 heavy (non-hydrogen) atoms. The molecule has 2 N–H and O–H groups in total. The van der Waals surface area contributed by atoms with Gasteiger partial charge in [0, 0.05) is 24.5 Å². The van der Waals surface area contributed by atoms with Gasteiger partial charge < -0.3 is 10.6 Å². The van der Waals surface area contributed by atoms with Gasteiger partial charge in [-0.3, -0.25) is 0 Å². The van der Waals surface area contributed by atoms with Gasteiger partial charge in [0.1, 0.15) is 5.82 Å². The van der Waals surface area contributed by atoms with Crippen LogP contribution >= 0.6 is 0 Å². The lowest BCUT2D eigenvalue weighted by molar-refractivity contribution is 0.627. The lowest BCUT2D eigenvalue weighted by atomic mass is 10.1. The van der Waals surface area contributed by atoms with Gasteiger partial charge in [-0.25, -0.2) is 4.39 Å². The van der Waals surface area contributed by atoms with E-state index in [1.807, 2.05) is 18.2 Å². The van der Waals surface area contributed by atoms with Gasteiger partial charge in [-0.05, 0) is 48.2 Å². The highest BCUT2D eigenvalue weighted by molar-refractivity contribution is 5.58. The van der Waals surface area contributed by atoms with Gasteiger partial charge in [0.15, 0.2) is 0 Å². The maximum atomic E-state index is 13.3. The highest BCUT2D eigenvalue weighted by atomic mass is 19.1. The monoisotopic (exact) mass is 256 g/mol. The summed E-state index contributed by atoms with van der Waals surface area (Å²) in [6.07, 6.45) is 1.97. The summed E-state index contributed by atoms with van der Waals surface area (Å²) in [5, 5.41) is 0. The van der Waals surface area contributed by atoms with Crippen LogP contribution in [0.2, 0.25) is 0 Å². The average molecular weight is 256 g/mol. The SMILES string of the molecule is Nc1ccc(CCN2CCc3ccc(F)cc32)cc1. The molecule has 0 radical (unpaired) electrons. The molecule has 2 nitrogen and oxygen atoms in total. The zero-order chi connectivity index (χ0) is 13.2. The van der Waals surface area contributed by atoms with E-state index in [2.05, 4.69) is 17.0 Å². The van der Waals surface area contributed by atoms with E-state index in [-0.39, 0.29) is 5.82 Å². The van der Waals surface area contributed by atoms with Gasteiger partial charge in [-0.1, -0.05) is 18.2 Å². The molecular formula is C16H17FN2. The van der Waals surface area contributed by atoms with Crippen LogP contribution in [0.25, 0.3) is 0 Å². The van der Waals surface area contributed by atoms with Crippen molar-refractivity contribution in [3.8, 4) is 0 Å². The van der Waals surface area contributed by atoms with E-state index in [9.17, 15) is 4.39 Å². The Morgan fingerprint density at radius 1 is 1.11 bits per heavy atom. The van der Waals surface area contributed by atoms with Crippen LogP contribution < -0.4 is 10.6 Å². The van der Waals surface area contributed by atoms with E-state index in [4.69, 9.17) is 5.73 Å². The Kier molecular flexibility index (Phi) is 3.11. The molecule has 3 heteroatoms. The Labute approximate surface area is 112 Å². The van der Waals surface area contributed by atoms with Gasteiger partial charge in [-0.15, -0.1) is 0 Å². The number of hydrogen-bond donors (Lipinski definition) is 1. The first-order chi connectivity index (χ1) is 9.22. The van der Waals surface area contributed by atoms with Crippen LogP contribution in [-0.2, 0) is 12.8 Å². The van der Waals surface area contributed by atoms with E-state index in [1.165, 1.54) is 11.1 Å². The van der Waals surface area contributed by atoms with Crippen LogP contribution in [0.1, 0.15) is 11.1 Å². The second kappa shape index (κ2) is 4.92. The first-order valence-corrected chi connectivity index (χ1v) is 6.60. The molecule has 2 aromatic carbocycles. The topological polar surface area (TPSA) is 29.3 Å². The van der Waals surface area contributed by atoms with Crippen LogP contribution in [0.5, 0.6) is 0 Å². The summed E-state index contributed by atoms with van der Waals surface area (Å²) >= 11 is 0. The fraction of sp³-hybridized carbons (Fsp3) is 0.250. The van der Waals surface area contributed by atoms with Crippen LogP contribution in [0.15, 0.2) is 42.5 Å². The van der Waals surface area contributed by atoms with Crippen molar-refractivity contribution in [1.29, 1.82) is 0 Å². The van der Waals surface area contributed by atoms with Crippen molar-refractivity contribution < 1.29 is 4.39 Å². The number of hydrogen-bond acceptors (Lipinski definition) is 2. The molecule has 0 saturated carbocycles. The smallest absolute Gasteiger partial charge is 0.125 e. The molecule has 0 saturated heterocycles. The molecule has 0 amide bonds. The highest BCUT2D eigenvalue weighted by Gasteiger charge is 2.18. The molecule has 1 aliphatic rings.